The van der Waals surface area contributed by atoms with E-state index in [4.69, 9.17) is 4.74 Å². The Morgan fingerprint density at radius 3 is 2.47 bits per heavy atom. The first-order valence-electron chi connectivity index (χ1n) is 4.91. The fraction of sp³-hybridized carbons (Fsp3) is 0.636. The van der Waals surface area contributed by atoms with Crippen molar-refractivity contribution in [3.05, 3.63) is 12.2 Å². The summed E-state index contributed by atoms with van der Waals surface area (Å²) in [6.07, 6.45) is 0.569. The van der Waals surface area contributed by atoms with Crippen LogP contribution in [-0.4, -0.2) is 23.4 Å². The molecule has 0 unspecified atom stereocenters. The molecule has 0 amide bonds. The van der Waals surface area contributed by atoms with Crippen LogP contribution in [0.25, 0.3) is 0 Å². The summed E-state index contributed by atoms with van der Waals surface area (Å²) in [6.45, 7) is 9.32. The number of carbonyl (C=O) groups excluding carboxylic acids is 2. The van der Waals surface area contributed by atoms with Crippen LogP contribution in [0.2, 0.25) is 0 Å². The van der Waals surface area contributed by atoms with Crippen molar-refractivity contribution in [2.24, 2.45) is 5.92 Å². The number of ether oxygens (including phenoxy) is 1. The lowest BCUT2D eigenvalue weighted by atomic mass is 10.2. The van der Waals surface area contributed by atoms with Crippen molar-refractivity contribution in [3.63, 3.8) is 0 Å². The Balaban J connectivity index is 3.50. The van der Waals surface area contributed by atoms with Gasteiger partial charge in [-0.15, -0.1) is 0 Å². The van der Waals surface area contributed by atoms with Crippen LogP contribution in [0, 0.1) is 5.92 Å². The molecule has 0 aromatic carbocycles. The van der Waals surface area contributed by atoms with Crippen molar-refractivity contribution in [3.8, 4) is 0 Å². The quantitative estimate of drug-likeness (QED) is 0.399. The Kier molecular flexibility index (Phi) is 7.13. The Morgan fingerprint density at radius 2 is 2.00 bits per heavy atom. The zero-order chi connectivity index (χ0) is 11.8. The summed E-state index contributed by atoms with van der Waals surface area (Å²) in [5, 5.41) is 0.149. The lowest BCUT2D eigenvalue weighted by Gasteiger charge is -2.04. The monoisotopic (exact) mass is 230 g/mol. The molecule has 0 heterocycles. The van der Waals surface area contributed by atoms with E-state index in [-0.39, 0.29) is 11.7 Å². The van der Waals surface area contributed by atoms with Gasteiger partial charge in [0.1, 0.15) is 6.61 Å². The summed E-state index contributed by atoms with van der Waals surface area (Å²) < 4.78 is 4.85. The van der Waals surface area contributed by atoms with Crippen LogP contribution in [-0.2, 0) is 14.3 Å². The molecule has 3 nitrogen and oxygen atoms in total. The molecule has 0 rings (SSSR count). The molecular weight excluding hydrogens is 212 g/mol. The van der Waals surface area contributed by atoms with Gasteiger partial charge in [0, 0.05) is 17.7 Å². The van der Waals surface area contributed by atoms with Crippen LogP contribution in [0.15, 0.2) is 12.2 Å². The van der Waals surface area contributed by atoms with Crippen molar-refractivity contribution in [2.75, 3.05) is 12.4 Å². The van der Waals surface area contributed by atoms with Gasteiger partial charge in [0.05, 0.1) is 0 Å². The van der Waals surface area contributed by atoms with E-state index in [0.717, 1.165) is 0 Å². The van der Waals surface area contributed by atoms with Crippen molar-refractivity contribution < 1.29 is 14.3 Å². The number of rotatable bonds is 6. The summed E-state index contributed by atoms with van der Waals surface area (Å²) in [5.74, 6) is 0.500. The molecule has 0 atom stereocenters. The van der Waals surface area contributed by atoms with Gasteiger partial charge < -0.3 is 4.74 Å². The molecule has 0 aliphatic rings. The molecule has 0 N–H and O–H groups in total. The molecule has 0 spiro atoms. The average molecular weight is 230 g/mol. The van der Waals surface area contributed by atoms with Gasteiger partial charge in [-0.25, -0.2) is 4.79 Å². The lowest BCUT2D eigenvalue weighted by Crippen LogP contribution is -2.09. The summed E-state index contributed by atoms with van der Waals surface area (Å²) in [6, 6.07) is 0. The second-order valence-electron chi connectivity index (χ2n) is 3.73. The Hall–Kier alpha value is -0.770. The second kappa shape index (κ2) is 7.51. The summed E-state index contributed by atoms with van der Waals surface area (Å²) in [4.78, 5) is 22.2. The number of hydrogen-bond donors (Lipinski definition) is 0. The highest BCUT2D eigenvalue weighted by molar-refractivity contribution is 8.13. The standard InChI is InChI=1S/C11H18O3S/c1-8(2)7-10(12)15-6-5-14-11(13)9(3)4/h8H,3,5-7H2,1-2,4H3. The van der Waals surface area contributed by atoms with E-state index < -0.39 is 5.97 Å². The highest BCUT2D eigenvalue weighted by atomic mass is 32.2. The van der Waals surface area contributed by atoms with E-state index in [1.807, 2.05) is 13.8 Å². The third kappa shape index (κ3) is 8.24. The normalized spacial score (nSPS) is 10.1. The summed E-state index contributed by atoms with van der Waals surface area (Å²) in [5.41, 5.74) is 0.383. The van der Waals surface area contributed by atoms with Gasteiger partial charge >= 0.3 is 5.97 Å². The van der Waals surface area contributed by atoms with Crippen LogP contribution in [0.5, 0.6) is 0 Å². The SMILES string of the molecule is C=C(C)C(=O)OCCSC(=O)CC(C)C. The van der Waals surface area contributed by atoms with E-state index in [1.165, 1.54) is 11.8 Å². The van der Waals surface area contributed by atoms with Crippen molar-refractivity contribution >= 4 is 22.8 Å². The second-order valence-corrected chi connectivity index (χ2v) is 4.89. The van der Waals surface area contributed by atoms with Crippen LogP contribution < -0.4 is 0 Å². The molecule has 86 valence electrons. The summed E-state index contributed by atoms with van der Waals surface area (Å²) in [7, 11) is 0. The topological polar surface area (TPSA) is 43.4 Å². The molecule has 0 fully saturated rings. The minimum absolute atomic E-state index is 0.149. The highest BCUT2D eigenvalue weighted by Gasteiger charge is 2.07. The minimum Gasteiger partial charge on any atom is -0.461 e. The van der Waals surface area contributed by atoms with Gasteiger partial charge in [-0.2, -0.15) is 0 Å². The predicted molar refractivity (Wildman–Crippen MR) is 62.7 cm³/mol. The maximum absolute atomic E-state index is 11.2. The highest BCUT2D eigenvalue weighted by Crippen LogP contribution is 2.10. The van der Waals surface area contributed by atoms with Crippen molar-refractivity contribution in [1.29, 1.82) is 0 Å². The molecule has 0 aromatic heterocycles. The Bertz CT molecular complexity index is 246. The van der Waals surface area contributed by atoms with Gasteiger partial charge in [0.2, 0.25) is 0 Å². The molecule has 0 saturated carbocycles. The number of thioether (sulfide) groups is 1. The van der Waals surface area contributed by atoms with E-state index in [9.17, 15) is 9.59 Å². The number of hydrogen-bond acceptors (Lipinski definition) is 4. The zero-order valence-electron chi connectivity index (χ0n) is 9.54. The van der Waals surface area contributed by atoms with Gasteiger partial charge in [0.25, 0.3) is 0 Å². The van der Waals surface area contributed by atoms with E-state index in [2.05, 4.69) is 6.58 Å². The van der Waals surface area contributed by atoms with Gasteiger partial charge in [0.15, 0.2) is 5.12 Å². The van der Waals surface area contributed by atoms with Crippen LogP contribution in [0.1, 0.15) is 27.2 Å². The van der Waals surface area contributed by atoms with E-state index in [0.29, 0.717) is 23.7 Å². The maximum Gasteiger partial charge on any atom is 0.333 e. The predicted octanol–water partition coefficient (Wildman–Crippen LogP) is 2.41. The number of carbonyl (C=O) groups is 2. The van der Waals surface area contributed by atoms with Gasteiger partial charge in [-0.1, -0.05) is 32.2 Å². The van der Waals surface area contributed by atoms with Crippen molar-refractivity contribution in [2.45, 2.75) is 27.2 Å². The molecule has 0 aliphatic carbocycles. The molecule has 0 saturated heterocycles. The van der Waals surface area contributed by atoms with Crippen LogP contribution in [0.3, 0.4) is 0 Å². The average Bonchev–Trinajstić information content (AvgIpc) is 2.10. The molecule has 4 heteroatoms. The fourth-order valence-electron chi connectivity index (χ4n) is 0.805. The van der Waals surface area contributed by atoms with Crippen LogP contribution in [0.4, 0.5) is 0 Å². The first kappa shape index (κ1) is 14.2. The molecule has 0 radical (unpaired) electrons. The fourth-order valence-corrected chi connectivity index (χ4v) is 1.65. The third-order valence-corrected chi connectivity index (χ3v) is 2.36. The molecule has 0 aromatic rings. The maximum atomic E-state index is 11.2. The minimum atomic E-state index is -0.396. The zero-order valence-corrected chi connectivity index (χ0v) is 10.4. The first-order chi connectivity index (χ1) is 6.93. The molecule has 15 heavy (non-hydrogen) atoms. The van der Waals surface area contributed by atoms with Crippen molar-refractivity contribution in [1.82, 2.24) is 0 Å². The Labute approximate surface area is 95.3 Å². The smallest absolute Gasteiger partial charge is 0.333 e. The van der Waals surface area contributed by atoms with Crippen LogP contribution >= 0.6 is 11.8 Å². The largest absolute Gasteiger partial charge is 0.461 e. The van der Waals surface area contributed by atoms with Gasteiger partial charge in [-0.05, 0) is 12.8 Å². The molecule has 0 bridgehead atoms. The number of esters is 1. The first-order valence-corrected chi connectivity index (χ1v) is 5.90. The van der Waals surface area contributed by atoms with E-state index >= 15 is 0 Å². The summed E-state index contributed by atoms with van der Waals surface area (Å²) >= 11 is 1.21. The Morgan fingerprint density at radius 1 is 1.40 bits per heavy atom. The molecule has 0 aliphatic heterocycles. The lowest BCUT2D eigenvalue weighted by molar-refractivity contribution is -0.138. The van der Waals surface area contributed by atoms with Gasteiger partial charge in [-0.3, -0.25) is 4.79 Å². The van der Waals surface area contributed by atoms with E-state index in [1.54, 1.807) is 6.92 Å². The third-order valence-electron chi connectivity index (χ3n) is 1.50. The molecular formula is C11H18O3S.